The molecule has 9 nitrogen and oxygen atoms in total. The lowest BCUT2D eigenvalue weighted by Crippen LogP contribution is -2.54. The van der Waals surface area contributed by atoms with Crippen LogP contribution >= 0.6 is 0 Å². The van der Waals surface area contributed by atoms with E-state index in [4.69, 9.17) is 18.3 Å². The molecule has 2 N–H and O–H groups in total. The third-order valence-corrected chi connectivity index (χ3v) is 16.3. The zero-order valence-corrected chi connectivity index (χ0v) is 23.9. The van der Waals surface area contributed by atoms with Crippen molar-refractivity contribution in [3.8, 4) is 5.75 Å². The van der Waals surface area contributed by atoms with E-state index in [9.17, 15) is 14.7 Å². The first kappa shape index (κ1) is 28.0. The van der Waals surface area contributed by atoms with Crippen molar-refractivity contribution >= 4 is 16.6 Å². The fourth-order valence-corrected chi connectivity index (χ4v) is 5.79. The Bertz CT molecular complexity index is 944. The van der Waals surface area contributed by atoms with E-state index >= 15 is 0 Å². The molecule has 0 saturated carbocycles. The molecular formula is C22H42N2O7Si2. The van der Waals surface area contributed by atoms with E-state index in [-0.39, 0.29) is 22.4 Å². The lowest BCUT2D eigenvalue weighted by molar-refractivity contribution is -0.0532. The molecule has 2 heterocycles. The van der Waals surface area contributed by atoms with Crippen molar-refractivity contribution in [3.05, 3.63) is 27.0 Å². The van der Waals surface area contributed by atoms with Gasteiger partial charge in [-0.3, -0.25) is 14.3 Å². The molecule has 2 rings (SSSR count). The van der Waals surface area contributed by atoms with Crippen molar-refractivity contribution < 1.29 is 23.4 Å². The SMILES string of the molecule is COc1cn([C@@H]2O[C@H](CO)[C@@H](O[Si](C)(C)C(C)(C)C)[C@H]2O[Si](C)(C)C(C)(C)C)c(=O)[nH]c1=O. The molecule has 1 saturated heterocycles. The highest BCUT2D eigenvalue weighted by Gasteiger charge is 2.54. The summed E-state index contributed by atoms with van der Waals surface area (Å²) < 4.78 is 26.1. The van der Waals surface area contributed by atoms with Crippen molar-refractivity contribution in [1.82, 2.24) is 9.55 Å². The van der Waals surface area contributed by atoms with Crippen LogP contribution < -0.4 is 16.0 Å². The molecule has 1 aromatic heterocycles. The molecule has 11 heteroatoms. The predicted molar refractivity (Wildman–Crippen MR) is 133 cm³/mol. The maximum Gasteiger partial charge on any atom is 0.330 e. The predicted octanol–water partition coefficient (Wildman–Crippen LogP) is 3.22. The summed E-state index contributed by atoms with van der Waals surface area (Å²) in [4.78, 5) is 27.1. The first-order valence-corrected chi connectivity index (χ1v) is 17.2. The number of ether oxygens (including phenoxy) is 2. The fraction of sp³-hybridized carbons (Fsp3) is 0.818. The van der Waals surface area contributed by atoms with Crippen LogP contribution in [0.25, 0.3) is 0 Å². The van der Waals surface area contributed by atoms with Crippen molar-refractivity contribution in [2.24, 2.45) is 0 Å². The zero-order chi connectivity index (χ0) is 25.6. The minimum atomic E-state index is -2.34. The first-order chi connectivity index (χ1) is 14.9. The van der Waals surface area contributed by atoms with Crippen LogP contribution in [0.3, 0.4) is 0 Å². The van der Waals surface area contributed by atoms with Crippen LogP contribution in [0.5, 0.6) is 5.75 Å². The number of aliphatic hydroxyl groups excluding tert-OH is 1. The molecule has 1 aliphatic rings. The van der Waals surface area contributed by atoms with Gasteiger partial charge in [-0.15, -0.1) is 0 Å². The van der Waals surface area contributed by atoms with Gasteiger partial charge in [-0.2, -0.15) is 0 Å². The van der Waals surface area contributed by atoms with E-state index < -0.39 is 52.4 Å². The Balaban J connectivity index is 2.64. The first-order valence-electron chi connectivity index (χ1n) is 11.4. The second-order valence-electron chi connectivity index (χ2n) is 11.8. The van der Waals surface area contributed by atoms with Gasteiger partial charge in [-0.05, 0) is 36.3 Å². The average molecular weight is 503 g/mol. The average Bonchev–Trinajstić information content (AvgIpc) is 2.96. The minimum Gasteiger partial charge on any atom is -0.490 e. The number of aliphatic hydroxyl groups is 1. The van der Waals surface area contributed by atoms with Crippen LogP contribution in [-0.2, 0) is 13.6 Å². The van der Waals surface area contributed by atoms with Gasteiger partial charge in [-0.1, -0.05) is 41.5 Å². The number of hydrogen-bond donors (Lipinski definition) is 2. The van der Waals surface area contributed by atoms with Gasteiger partial charge in [0, 0.05) is 0 Å². The monoisotopic (exact) mass is 502 g/mol. The van der Waals surface area contributed by atoms with Gasteiger partial charge in [0.2, 0.25) is 5.75 Å². The summed E-state index contributed by atoms with van der Waals surface area (Å²) >= 11 is 0. The zero-order valence-electron chi connectivity index (χ0n) is 21.9. The second kappa shape index (κ2) is 9.42. The Labute approximate surface area is 198 Å². The summed E-state index contributed by atoms with van der Waals surface area (Å²) in [6.45, 7) is 21.0. The molecule has 1 aliphatic heterocycles. The summed E-state index contributed by atoms with van der Waals surface area (Å²) in [5.41, 5.74) is -1.26. The van der Waals surface area contributed by atoms with Crippen LogP contribution in [0, 0.1) is 0 Å². The van der Waals surface area contributed by atoms with Crippen molar-refractivity contribution in [1.29, 1.82) is 0 Å². The lowest BCUT2D eigenvalue weighted by Gasteiger charge is -2.44. The number of H-pyrrole nitrogens is 1. The number of aromatic nitrogens is 2. The number of nitrogens with one attached hydrogen (secondary N) is 1. The standard InChI is InChI=1S/C22H42N2O7Si2/c1-21(2,3)32(8,9)30-16-15(13-25)29-19(17(16)31-33(10,11)22(4,5)6)24-12-14(28-7)18(26)23-20(24)27/h12,15-17,19,25H,13H2,1-11H3,(H,23,26,27)/t15-,16-,17-,19-/m1/s1. The van der Waals surface area contributed by atoms with Crippen molar-refractivity contribution in [3.63, 3.8) is 0 Å². The van der Waals surface area contributed by atoms with Gasteiger partial charge in [0.05, 0.1) is 19.9 Å². The highest BCUT2D eigenvalue weighted by atomic mass is 28.4. The number of methoxy groups -OCH3 is 1. The van der Waals surface area contributed by atoms with Crippen LogP contribution in [0.2, 0.25) is 36.3 Å². The van der Waals surface area contributed by atoms with E-state index in [1.807, 2.05) is 0 Å². The summed E-state index contributed by atoms with van der Waals surface area (Å²) in [6, 6.07) is 0. The summed E-state index contributed by atoms with van der Waals surface area (Å²) in [5.74, 6) is -0.0152. The number of nitrogens with zero attached hydrogens (tertiary/aromatic N) is 1. The topological polar surface area (TPSA) is 112 Å². The molecule has 0 aliphatic carbocycles. The third-order valence-electron chi connectivity index (χ3n) is 7.37. The minimum absolute atomic E-state index is 0.0152. The maximum absolute atomic E-state index is 12.8. The molecule has 0 radical (unpaired) electrons. The number of rotatable bonds is 7. The molecule has 0 spiro atoms. The van der Waals surface area contributed by atoms with Gasteiger partial charge in [0.1, 0.15) is 18.3 Å². The van der Waals surface area contributed by atoms with Crippen LogP contribution in [0.4, 0.5) is 0 Å². The Hall–Kier alpha value is -1.25. The van der Waals surface area contributed by atoms with Crippen LogP contribution in [0.15, 0.2) is 15.8 Å². The van der Waals surface area contributed by atoms with Gasteiger partial charge >= 0.3 is 5.69 Å². The van der Waals surface area contributed by atoms with Crippen molar-refractivity contribution in [2.75, 3.05) is 13.7 Å². The Kier molecular flexibility index (Phi) is 7.99. The van der Waals surface area contributed by atoms with E-state index in [0.29, 0.717) is 0 Å². The molecular weight excluding hydrogens is 460 g/mol. The lowest BCUT2D eigenvalue weighted by atomic mass is 10.1. The number of hydrogen-bond acceptors (Lipinski definition) is 7. The molecule has 0 amide bonds. The normalized spacial score (nSPS) is 24.8. The Morgan fingerprint density at radius 1 is 1.00 bits per heavy atom. The molecule has 33 heavy (non-hydrogen) atoms. The van der Waals surface area contributed by atoms with Gasteiger partial charge in [0.15, 0.2) is 22.9 Å². The summed E-state index contributed by atoms with van der Waals surface area (Å²) in [5, 5.41) is 10.0. The highest BCUT2D eigenvalue weighted by Crippen LogP contribution is 2.45. The highest BCUT2D eigenvalue weighted by molar-refractivity contribution is 6.74. The number of aromatic amines is 1. The second-order valence-corrected chi connectivity index (χ2v) is 21.3. The van der Waals surface area contributed by atoms with Crippen molar-refractivity contribution in [2.45, 2.75) is 102 Å². The van der Waals surface area contributed by atoms with E-state index in [1.54, 1.807) is 0 Å². The van der Waals surface area contributed by atoms with Gasteiger partial charge < -0.3 is 23.4 Å². The van der Waals surface area contributed by atoms with Crippen LogP contribution in [-0.4, -0.2) is 63.3 Å². The largest absolute Gasteiger partial charge is 0.490 e. The third kappa shape index (κ3) is 5.71. The summed E-state index contributed by atoms with van der Waals surface area (Å²) in [7, 11) is -3.27. The molecule has 1 aromatic rings. The van der Waals surface area contributed by atoms with E-state index in [1.165, 1.54) is 17.9 Å². The molecule has 190 valence electrons. The quantitative estimate of drug-likeness (QED) is 0.551. The fourth-order valence-electron chi connectivity index (χ4n) is 3.18. The van der Waals surface area contributed by atoms with Gasteiger partial charge in [0.25, 0.3) is 5.56 Å². The molecule has 0 bridgehead atoms. The smallest absolute Gasteiger partial charge is 0.330 e. The van der Waals surface area contributed by atoms with Crippen LogP contribution in [0.1, 0.15) is 47.8 Å². The molecule has 4 atom stereocenters. The Morgan fingerprint density at radius 2 is 1.48 bits per heavy atom. The molecule has 0 unspecified atom stereocenters. The Morgan fingerprint density at radius 3 is 1.91 bits per heavy atom. The maximum atomic E-state index is 12.8. The van der Waals surface area contributed by atoms with E-state index in [0.717, 1.165) is 0 Å². The van der Waals surface area contributed by atoms with Gasteiger partial charge in [-0.25, -0.2) is 4.79 Å². The van der Waals surface area contributed by atoms with E-state index in [2.05, 4.69) is 72.7 Å². The summed E-state index contributed by atoms with van der Waals surface area (Å²) in [6.07, 6.45) is -1.50. The molecule has 1 fully saturated rings. The molecule has 0 aromatic carbocycles.